The Hall–Kier alpha value is -1.75. The van der Waals surface area contributed by atoms with Gasteiger partial charge in [-0.1, -0.05) is 13.8 Å². The first kappa shape index (κ1) is 16.3. The van der Waals surface area contributed by atoms with Crippen molar-refractivity contribution in [2.24, 2.45) is 5.41 Å². The number of nitrogen functional groups attached to an aromatic ring is 1. The summed E-state index contributed by atoms with van der Waals surface area (Å²) in [4.78, 5) is 12.1. The van der Waals surface area contributed by atoms with Crippen LogP contribution in [-0.4, -0.2) is 30.8 Å². The van der Waals surface area contributed by atoms with Gasteiger partial charge >= 0.3 is 0 Å². The first-order chi connectivity index (χ1) is 9.38. The predicted octanol–water partition coefficient (Wildman–Crippen LogP) is 1.81. The number of benzene rings is 1. The van der Waals surface area contributed by atoms with Crippen LogP contribution in [0.15, 0.2) is 18.2 Å². The Morgan fingerprint density at radius 3 is 2.70 bits per heavy atom. The van der Waals surface area contributed by atoms with Crippen LogP contribution in [0, 0.1) is 5.41 Å². The van der Waals surface area contributed by atoms with Gasteiger partial charge < -0.3 is 20.9 Å². The highest BCUT2D eigenvalue weighted by atomic mass is 16.5. The number of carbonyl (C=O) groups is 1. The number of ether oxygens (including phenoxy) is 1. The number of nitrogens with one attached hydrogen (secondary N) is 1. The molecule has 0 radical (unpaired) electrons. The number of amides is 1. The summed E-state index contributed by atoms with van der Waals surface area (Å²) in [7, 11) is 0. The quantitative estimate of drug-likeness (QED) is 0.665. The fourth-order valence-electron chi connectivity index (χ4n) is 1.82. The molecule has 4 N–H and O–H groups in total. The molecule has 1 aromatic rings. The average molecular weight is 280 g/mol. The molecule has 0 unspecified atom stereocenters. The second kappa shape index (κ2) is 7.14. The zero-order valence-corrected chi connectivity index (χ0v) is 12.4. The van der Waals surface area contributed by atoms with E-state index in [-0.39, 0.29) is 17.9 Å². The van der Waals surface area contributed by atoms with Crippen molar-refractivity contribution in [1.82, 2.24) is 5.32 Å². The minimum atomic E-state index is -0.190. The molecule has 1 rings (SSSR count). The molecule has 112 valence electrons. The molecule has 20 heavy (non-hydrogen) atoms. The van der Waals surface area contributed by atoms with Gasteiger partial charge in [0, 0.05) is 30.5 Å². The average Bonchev–Trinajstić information content (AvgIpc) is 2.35. The summed E-state index contributed by atoms with van der Waals surface area (Å²) in [5.74, 6) is 0.400. The Morgan fingerprint density at radius 2 is 2.10 bits per heavy atom. The maximum absolute atomic E-state index is 12.1. The van der Waals surface area contributed by atoms with Gasteiger partial charge in [0.05, 0.1) is 6.61 Å². The first-order valence-electron chi connectivity index (χ1n) is 6.80. The highest BCUT2D eigenvalue weighted by molar-refractivity contribution is 5.95. The maximum Gasteiger partial charge on any atom is 0.251 e. The van der Waals surface area contributed by atoms with E-state index in [1.807, 2.05) is 20.8 Å². The van der Waals surface area contributed by atoms with Crippen LogP contribution in [-0.2, 0) is 0 Å². The van der Waals surface area contributed by atoms with Gasteiger partial charge in [-0.25, -0.2) is 0 Å². The molecule has 0 atom stereocenters. The summed E-state index contributed by atoms with van der Waals surface area (Å²) in [5, 5.41) is 11.8. The maximum atomic E-state index is 12.1. The van der Waals surface area contributed by atoms with Crippen molar-refractivity contribution in [2.75, 3.05) is 25.5 Å². The van der Waals surface area contributed by atoms with Crippen LogP contribution in [0.5, 0.6) is 5.75 Å². The van der Waals surface area contributed by atoms with E-state index < -0.39 is 0 Å². The van der Waals surface area contributed by atoms with E-state index in [4.69, 9.17) is 15.6 Å². The molecule has 0 aromatic heterocycles. The van der Waals surface area contributed by atoms with Gasteiger partial charge in [-0.3, -0.25) is 4.79 Å². The van der Waals surface area contributed by atoms with Gasteiger partial charge in [-0.05, 0) is 30.9 Å². The third kappa shape index (κ3) is 5.09. The molecule has 0 bridgehead atoms. The van der Waals surface area contributed by atoms with E-state index >= 15 is 0 Å². The predicted molar refractivity (Wildman–Crippen MR) is 79.8 cm³/mol. The number of hydrogen-bond donors (Lipinski definition) is 3. The van der Waals surface area contributed by atoms with E-state index in [9.17, 15) is 4.79 Å². The fourth-order valence-corrected chi connectivity index (χ4v) is 1.82. The SMILES string of the molecule is CCOc1cc(N)cc(C(=O)NCC(C)(C)CCO)c1. The summed E-state index contributed by atoms with van der Waals surface area (Å²) in [6.45, 7) is 6.98. The van der Waals surface area contributed by atoms with E-state index in [2.05, 4.69) is 5.32 Å². The van der Waals surface area contributed by atoms with Crippen molar-refractivity contribution in [3.8, 4) is 5.75 Å². The normalized spacial score (nSPS) is 11.2. The second-order valence-electron chi connectivity index (χ2n) is 5.54. The molecule has 1 amide bonds. The van der Waals surface area contributed by atoms with Gasteiger partial charge in [0.25, 0.3) is 5.91 Å². The summed E-state index contributed by atoms with van der Waals surface area (Å²) in [6.07, 6.45) is 0.633. The Morgan fingerprint density at radius 1 is 1.40 bits per heavy atom. The largest absolute Gasteiger partial charge is 0.494 e. The molecule has 5 nitrogen and oxygen atoms in total. The lowest BCUT2D eigenvalue weighted by atomic mass is 9.89. The first-order valence-corrected chi connectivity index (χ1v) is 6.80. The summed E-state index contributed by atoms with van der Waals surface area (Å²) in [5.41, 5.74) is 6.59. The molecular weight excluding hydrogens is 256 g/mol. The van der Waals surface area contributed by atoms with Crippen LogP contribution in [0.25, 0.3) is 0 Å². The van der Waals surface area contributed by atoms with Gasteiger partial charge in [0.1, 0.15) is 5.75 Å². The Labute approximate surface area is 120 Å². The van der Waals surface area contributed by atoms with Crippen LogP contribution in [0.1, 0.15) is 37.6 Å². The number of aliphatic hydroxyl groups is 1. The minimum Gasteiger partial charge on any atom is -0.494 e. The van der Waals surface area contributed by atoms with E-state index in [1.165, 1.54) is 0 Å². The molecule has 0 aliphatic rings. The highest BCUT2D eigenvalue weighted by Gasteiger charge is 2.19. The zero-order chi connectivity index (χ0) is 15.2. The number of anilines is 1. The molecule has 5 heteroatoms. The van der Waals surface area contributed by atoms with Crippen molar-refractivity contribution in [2.45, 2.75) is 27.2 Å². The molecule has 0 aliphatic heterocycles. The van der Waals surface area contributed by atoms with Crippen molar-refractivity contribution in [3.05, 3.63) is 23.8 Å². The molecule has 0 saturated heterocycles. The molecule has 0 aliphatic carbocycles. The van der Waals surface area contributed by atoms with E-state index in [0.717, 1.165) is 0 Å². The number of hydrogen-bond acceptors (Lipinski definition) is 4. The third-order valence-corrected chi connectivity index (χ3v) is 3.02. The van der Waals surface area contributed by atoms with Crippen LogP contribution in [0.2, 0.25) is 0 Å². The highest BCUT2D eigenvalue weighted by Crippen LogP contribution is 2.21. The Kier molecular flexibility index (Phi) is 5.82. The van der Waals surface area contributed by atoms with Crippen LogP contribution < -0.4 is 15.8 Å². The molecule has 0 spiro atoms. The third-order valence-electron chi connectivity index (χ3n) is 3.02. The van der Waals surface area contributed by atoms with E-state index in [0.29, 0.717) is 36.6 Å². The zero-order valence-electron chi connectivity index (χ0n) is 12.4. The topological polar surface area (TPSA) is 84.6 Å². The van der Waals surface area contributed by atoms with Gasteiger partial charge in [-0.15, -0.1) is 0 Å². The Balaban J connectivity index is 2.72. The second-order valence-corrected chi connectivity index (χ2v) is 5.54. The molecular formula is C15H24N2O3. The molecule has 1 aromatic carbocycles. The number of carbonyl (C=O) groups excluding carboxylic acids is 1. The smallest absolute Gasteiger partial charge is 0.251 e. The number of rotatable bonds is 7. The number of nitrogens with two attached hydrogens (primary N) is 1. The van der Waals surface area contributed by atoms with Crippen molar-refractivity contribution in [1.29, 1.82) is 0 Å². The minimum absolute atomic E-state index is 0.107. The lowest BCUT2D eigenvalue weighted by Crippen LogP contribution is -2.34. The van der Waals surface area contributed by atoms with Gasteiger partial charge in [-0.2, -0.15) is 0 Å². The number of aliphatic hydroxyl groups excluding tert-OH is 1. The lowest BCUT2D eigenvalue weighted by molar-refractivity contribution is 0.0928. The van der Waals surface area contributed by atoms with Crippen molar-refractivity contribution < 1.29 is 14.6 Å². The summed E-state index contributed by atoms with van der Waals surface area (Å²) in [6, 6.07) is 4.99. The lowest BCUT2D eigenvalue weighted by Gasteiger charge is -2.23. The Bertz CT molecular complexity index is 458. The van der Waals surface area contributed by atoms with Gasteiger partial charge in [0.15, 0.2) is 0 Å². The van der Waals surface area contributed by atoms with E-state index in [1.54, 1.807) is 18.2 Å². The molecule has 0 heterocycles. The molecule has 0 fully saturated rings. The van der Waals surface area contributed by atoms with Crippen LogP contribution >= 0.6 is 0 Å². The fraction of sp³-hybridized carbons (Fsp3) is 0.533. The van der Waals surface area contributed by atoms with Crippen molar-refractivity contribution in [3.63, 3.8) is 0 Å². The summed E-state index contributed by atoms with van der Waals surface area (Å²) < 4.78 is 5.37. The van der Waals surface area contributed by atoms with Crippen LogP contribution in [0.4, 0.5) is 5.69 Å². The standard InChI is InChI=1S/C15H24N2O3/c1-4-20-13-8-11(7-12(16)9-13)14(19)17-10-15(2,3)5-6-18/h7-9,18H,4-6,10,16H2,1-3H3,(H,17,19). The monoisotopic (exact) mass is 280 g/mol. The van der Waals surface area contributed by atoms with Crippen LogP contribution in [0.3, 0.4) is 0 Å². The van der Waals surface area contributed by atoms with Gasteiger partial charge in [0.2, 0.25) is 0 Å². The summed E-state index contributed by atoms with van der Waals surface area (Å²) >= 11 is 0. The van der Waals surface area contributed by atoms with Crippen molar-refractivity contribution >= 4 is 11.6 Å². The molecule has 0 saturated carbocycles.